The maximum Gasteiger partial charge on any atom is 0.133 e. The molecule has 1 fully saturated rings. The maximum atomic E-state index is 13.4. The molecule has 0 bridgehead atoms. The SMILES string of the molecule is C.O=C(CCCN1CCCC1)CC(c1cn(Cc2ccccc2)cn1)c1cn(Cc2ccccc2)c2ccccc12. The molecule has 2 aromatic heterocycles. The van der Waals surface area contributed by atoms with Crippen LogP contribution in [0.15, 0.2) is 104 Å². The van der Waals surface area contributed by atoms with E-state index in [4.69, 9.17) is 4.98 Å². The molecule has 1 unspecified atom stereocenters. The molecule has 5 heteroatoms. The number of fused-ring (bicyclic) bond motifs is 1. The highest BCUT2D eigenvalue weighted by atomic mass is 16.1. The Hall–Kier alpha value is -3.96. The Morgan fingerprint density at radius 1 is 0.805 bits per heavy atom. The molecule has 1 atom stereocenters. The van der Waals surface area contributed by atoms with Gasteiger partial charge in [0.05, 0.1) is 12.0 Å². The lowest BCUT2D eigenvalue weighted by Gasteiger charge is -2.16. The van der Waals surface area contributed by atoms with Crippen LogP contribution in [0.2, 0.25) is 0 Å². The number of Topliss-reactive ketones (excluding diaryl/α,β-unsaturated/α-hetero) is 1. The van der Waals surface area contributed by atoms with Crippen LogP contribution in [0.5, 0.6) is 0 Å². The number of para-hydroxylation sites is 1. The van der Waals surface area contributed by atoms with Gasteiger partial charge in [0.1, 0.15) is 5.78 Å². The first-order chi connectivity index (χ1) is 19.7. The van der Waals surface area contributed by atoms with Gasteiger partial charge >= 0.3 is 0 Å². The van der Waals surface area contributed by atoms with Crippen molar-refractivity contribution in [2.24, 2.45) is 0 Å². The number of hydrogen-bond donors (Lipinski definition) is 0. The van der Waals surface area contributed by atoms with Gasteiger partial charge < -0.3 is 14.0 Å². The quantitative estimate of drug-likeness (QED) is 0.162. The van der Waals surface area contributed by atoms with Crippen molar-refractivity contribution in [3.05, 3.63) is 126 Å². The van der Waals surface area contributed by atoms with Crippen LogP contribution in [0.25, 0.3) is 10.9 Å². The monoisotopic (exact) mass is 546 g/mol. The van der Waals surface area contributed by atoms with Gasteiger partial charge in [-0.2, -0.15) is 0 Å². The molecule has 0 N–H and O–H groups in total. The molecule has 0 saturated carbocycles. The molecule has 1 aliphatic rings. The van der Waals surface area contributed by atoms with Gasteiger partial charge in [-0.3, -0.25) is 4.79 Å². The number of carbonyl (C=O) groups excluding carboxylic acids is 1. The van der Waals surface area contributed by atoms with Gasteiger partial charge in [0, 0.05) is 55.1 Å². The highest BCUT2D eigenvalue weighted by Gasteiger charge is 2.25. The number of rotatable bonds is 12. The fraction of sp³-hybridized carbons (Fsp3) is 0.333. The van der Waals surface area contributed by atoms with Gasteiger partial charge in [-0.05, 0) is 61.7 Å². The summed E-state index contributed by atoms with van der Waals surface area (Å²) in [6, 6.07) is 29.6. The third-order valence-electron chi connectivity index (χ3n) is 8.17. The molecule has 3 aromatic carbocycles. The summed E-state index contributed by atoms with van der Waals surface area (Å²) in [4.78, 5) is 20.8. The van der Waals surface area contributed by atoms with Crippen molar-refractivity contribution in [2.45, 2.75) is 58.5 Å². The lowest BCUT2D eigenvalue weighted by molar-refractivity contribution is -0.119. The Bertz CT molecular complexity index is 1530. The highest BCUT2D eigenvalue weighted by molar-refractivity contribution is 5.87. The fourth-order valence-corrected chi connectivity index (χ4v) is 6.11. The first kappa shape index (κ1) is 28.6. The summed E-state index contributed by atoms with van der Waals surface area (Å²) in [6.45, 7) is 4.94. The van der Waals surface area contributed by atoms with Crippen LogP contribution in [0.3, 0.4) is 0 Å². The van der Waals surface area contributed by atoms with Crippen molar-refractivity contribution in [2.75, 3.05) is 19.6 Å². The van der Waals surface area contributed by atoms with Crippen LogP contribution in [0.1, 0.15) is 67.8 Å². The summed E-state index contributed by atoms with van der Waals surface area (Å²) >= 11 is 0. The average molecular weight is 547 g/mol. The van der Waals surface area contributed by atoms with E-state index in [1.807, 2.05) is 12.4 Å². The first-order valence-corrected chi connectivity index (χ1v) is 14.6. The average Bonchev–Trinajstić information content (AvgIpc) is 3.75. The molecule has 0 radical (unpaired) electrons. The van der Waals surface area contributed by atoms with Crippen molar-refractivity contribution >= 4 is 16.7 Å². The van der Waals surface area contributed by atoms with Crippen molar-refractivity contribution in [1.29, 1.82) is 0 Å². The molecule has 0 aliphatic carbocycles. The molecular formula is C36H42N4O. The zero-order valence-electron chi connectivity index (χ0n) is 23.2. The third kappa shape index (κ3) is 7.04. The van der Waals surface area contributed by atoms with E-state index in [2.05, 4.69) is 105 Å². The Labute approximate surface area is 244 Å². The van der Waals surface area contributed by atoms with Crippen molar-refractivity contribution in [3.8, 4) is 0 Å². The topological polar surface area (TPSA) is 43.1 Å². The molecule has 0 spiro atoms. The minimum Gasteiger partial charge on any atom is -0.343 e. The molecule has 0 amide bonds. The second-order valence-corrected chi connectivity index (χ2v) is 11.1. The molecule has 1 aliphatic heterocycles. The van der Waals surface area contributed by atoms with E-state index in [0.717, 1.165) is 31.7 Å². The zero-order valence-corrected chi connectivity index (χ0v) is 23.2. The molecule has 41 heavy (non-hydrogen) atoms. The number of likely N-dealkylation sites (tertiary alicyclic amines) is 1. The Kier molecular flexibility index (Phi) is 9.48. The Morgan fingerprint density at radius 2 is 1.46 bits per heavy atom. The largest absolute Gasteiger partial charge is 0.343 e. The summed E-state index contributed by atoms with van der Waals surface area (Å²) < 4.78 is 4.46. The van der Waals surface area contributed by atoms with Gasteiger partial charge in [0.25, 0.3) is 0 Å². The van der Waals surface area contributed by atoms with E-state index >= 15 is 0 Å². The van der Waals surface area contributed by atoms with E-state index in [1.54, 1.807) is 0 Å². The van der Waals surface area contributed by atoms with E-state index in [1.165, 1.54) is 53.5 Å². The van der Waals surface area contributed by atoms with Crippen molar-refractivity contribution in [3.63, 3.8) is 0 Å². The van der Waals surface area contributed by atoms with Gasteiger partial charge in [-0.25, -0.2) is 4.98 Å². The lowest BCUT2D eigenvalue weighted by Crippen LogP contribution is -2.21. The molecule has 212 valence electrons. The van der Waals surface area contributed by atoms with E-state index in [-0.39, 0.29) is 13.3 Å². The molecule has 6 rings (SSSR count). The molecule has 5 aromatic rings. The first-order valence-electron chi connectivity index (χ1n) is 14.6. The van der Waals surface area contributed by atoms with Crippen LogP contribution in [0, 0.1) is 0 Å². The predicted molar refractivity (Wildman–Crippen MR) is 168 cm³/mol. The van der Waals surface area contributed by atoms with Crippen molar-refractivity contribution < 1.29 is 4.79 Å². The highest BCUT2D eigenvalue weighted by Crippen LogP contribution is 2.35. The number of nitrogens with zero attached hydrogens (tertiary/aromatic N) is 4. The predicted octanol–water partition coefficient (Wildman–Crippen LogP) is 7.54. The molecule has 5 nitrogen and oxygen atoms in total. The molecule has 3 heterocycles. The lowest BCUT2D eigenvalue weighted by atomic mass is 9.89. The summed E-state index contributed by atoms with van der Waals surface area (Å²) in [6.07, 6.45) is 10.9. The minimum atomic E-state index is -0.0850. The number of benzene rings is 3. The van der Waals surface area contributed by atoms with E-state index < -0.39 is 0 Å². The van der Waals surface area contributed by atoms with Gasteiger partial charge in [0.2, 0.25) is 0 Å². The summed E-state index contributed by atoms with van der Waals surface area (Å²) in [7, 11) is 0. The van der Waals surface area contributed by atoms with E-state index in [9.17, 15) is 4.79 Å². The summed E-state index contributed by atoms with van der Waals surface area (Å²) in [5, 5.41) is 1.20. The number of hydrogen-bond acceptors (Lipinski definition) is 3. The van der Waals surface area contributed by atoms with Crippen LogP contribution in [-0.4, -0.2) is 44.4 Å². The zero-order chi connectivity index (χ0) is 27.1. The van der Waals surface area contributed by atoms with E-state index in [0.29, 0.717) is 18.6 Å². The second kappa shape index (κ2) is 13.6. The van der Waals surface area contributed by atoms with Gasteiger partial charge in [-0.1, -0.05) is 86.3 Å². The minimum absolute atomic E-state index is 0. The van der Waals surface area contributed by atoms with Crippen LogP contribution < -0.4 is 0 Å². The molecule has 1 saturated heterocycles. The summed E-state index contributed by atoms with van der Waals surface area (Å²) in [5.41, 5.74) is 5.84. The smallest absolute Gasteiger partial charge is 0.133 e. The third-order valence-corrected chi connectivity index (χ3v) is 8.17. The van der Waals surface area contributed by atoms with Crippen LogP contribution in [0.4, 0.5) is 0 Å². The maximum absolute atomic E-state index is 13.4. The fourth-order valence-electron chi connectivity index (χ4n) is 6.11. The Balaban J connectivity index is 0.00000337. The van der Waals surface area contributed by atoms with Crippen LogP contribution in [-0.2, 0) is 17.9 Å². The Morgan fingerprint density at radius 3 is 2.20 bits per heavy atom. The number of carbonyl (C=O) groups is 1. The number of imidazole rings is 1. The normalized spacial score (nSPS) is 14.2. The molecular weight excluding hydrogens is 504 g/mol. The summed E-state index contributed by atoms with van der Waals surface area (Å²) in [5.74, 6) is 0.236. The van der Waals surface area contributed by atoms with Crippen molar-refractivity contribution in [1.82, 2.24) is 19.0 Å². The number of ketones is 1. The standard InChI is InChI=1S/C35H38N4O.CH4/c40-30(16-11-21-37-19-9-10-20-37)22-32(34-26-38(27-36-34)23-28-12-3-1-4-13-28)33-25-39(24-29-14-5-2-6-15-29)35-18-8-7-17-31(33)35;/h1-8,12-15,17-18,25-27,32H,9-11,16,19-24H2;1H4. The second-order valence-electron chi connectivity index (χ2n) is 11.1. The number of aromatic nitrogens is 3. The van der Waals surface area contributed by atoms with Gasteiger partial charge in [0.15, 0.2) is 0 Å². The van der Waals surface area contributed by atoms with Crippen LogP contribution >= 0.6 is 0 Å². The van der Waals surface area contributed by atoms with Gasteiger partial charge in [-0.15, -0.1) is 0 Å².